The van der Waals surface area contributed by atoms with E-state index in [4.69, 9.17) is 0 Å². The number of amides is 1. The Balaban J connectivity index is 1.87. The molecule has 24 heavy (non-hydrogen) atoms. The molecule has 5 heteroatoms. The highest BCUT2D eigenvalue weighted by atomic mass is 32.2. The van der Waals surface area contributed by atoms with Crippen molar-refractivity contribution >= 4 is 29.0 Å². The highest BCUT2D eigenvalue weighted by Crippen LogP contribution is 2.27. The molecular formula is C19H26N2OS2. The second-order valence-corrected chi connectivity index (χ2v) is 9.06. The van der Waals surface area contributed by atoms with E-state index in [9.17, 15) is 4.79 Å². The zero-order valence-electron chi connectivity index (χ0n) is 15.0. The van der Waals surface area contributed by atoms with Crippen LogP contribution >= 0.6 is 23.1 Å². The van der Waals surface area contributed by atoms with Gasteiger partial charge in [-0.2, -0.15) is 0 Å². The van der Waals surface area contributed by atoms with E-state index in [0.29, 0.717) is 0 Å². The molecule has 0 radical (unpaired) electrons. The van der Waals surface area contributed by atoms with Crippen molar-refractivity contribution in [2.24, 2.45) is 5.92 Å². The van der Waals surface area contributed by atoms with Crippen molar-refractivity contribution in [1.82, 2.24) is 10.3 Å². The minimum atomic E-state index is -0.0530. The Bertz CT molecular complexity index is 662. The summed E-state index contributed by atoms with van der Waals surface area (Å²) in [5.74, 6) is 0.811. The number of benzene rings is 1. The topological polar surface area (TPSA) is 42.0 Å². The van der Waals surface area contributed by atoms with Gasteiger partial charge in [-0.05, 0) is 19.1 Å². The van der Waals surface area contributed by atoms with Crippen molar-refractivity contribution in [3.8, 4) is 0 Å². The zero-order valence-corrected chi connectivity index (χ0v) is 16.6. The van der Waals surface area contributed by atoms with E-state index < -0.39 is 0 Å². The smallest absolute Gasteiger partial charge is 0.224 e. The highest BCUT2D eigenvalue weighted by Gasteiger charge is 2.21. The van der Waals surface area contributed by atoms with E-state index in [-0.39, 0.29) is 23.3 Å². The summed E-state index contributed by atoms with van der Waals surface area (Å²) in [6.07, 6.45) is 0. The third-order valence-corrected chi connectivity index (χ3v) is 6.01. The first-order valence-corrected chi connectivity index (χ1v) is 10.1. The summed E-state index contributed by atoms with van der Waals surface area (Å²) in [6.45, 7) is 10.4. The molecule has 0 aliphatic heterocycles. The largest absolute Gasteiger partial charge is 0.347 e. The van der Waals surface area contributed by atoms with Gasteiger partial charge in [0, 0.05) is 27.4 Å². The van der Waals surface area contributed by atoms with Crippen LogP contribution in [0.1, 0.15) is 51.4 Å². The number of thioether (sulfide) groups is 1. The molecule has 130 valence electrons. The molecule has 1 amide bonds. The number of rotatable bonds is 6. The van der Waals surface area contributed by atoms with Crippen LogP contribution in [-0.2, 0) is 10.2 Å². The molecule has 0 bridgehead atoms. The van der Waals surface area contributed by atoms with Crippen LogP contribution in [0.15, 0.2) is 40.6 Å². The van der Waals surface area contributed by atoms with Crippen molar-refractivity contribution in [2.75, 3.05) is 5.75 Å². The maximum Gasteiger partial charge on any atom is 0.224 e. The molecule has 0 aliphatic rings. The summed E-state index contributed by atoms with van der Waals surface area (Å²) in [5, 5.41) is 6.15. The highest BCUT2D eigenvalue weighted by molar-refractivity contribution is 7.99. The molecule has 1 aromatic heterocycles. The first-order valence-electron chi connectivity index (χ1n) is 8.21. The van der Waals surface area contributed by atoms with Crippen molar-refractivity contribution in [3.63, 3.8) is 0 Å². The maximum atomic E-state index is 12.4. The number of nitrogens with zero attached hydrogens (tertiary/aromatic N) is 1. The minimum absolute atomic E-state index is 0.0398. The van der Waals surface area contributed by atoms with Gasteiger partial charge in [-0.25, -0.2) is 4.98 Å². The van der Waals surface area contributed by atoms with Gasteiger partial charge in [-0.15, -0.1) is 23.1 Å². The van der Waals surface area contributed by atoms with Gasteiger partial charge in [0.15, 0.2) is 0 Å². The van der Waals surface area contributed by atoms with E-state index >= 15 is 0 Å². The second kappa shape index (κ2) is 8.17. The SMILES string of the molecule is CC(CSc1ccccc1)C(=O)NC(C)c1nc(C(C)(C)C)cs1. The predicted molar refractivity (Wildman–Crippen MR) is 104 cm³/mol. The molecule has 3 nitrogen and oxygen atoms in total. The van der Waals surface area contributed by atoms with Crippen molar-refractivity contribution in [1.29, 1.82) is 0 Å². The van der Waals surface area contributed by atoms with Crippen LogP contribution < -0.4 is 5.32 Å². The van der Waals surface area contributed by atoms with Gasteiger partial charge in [0.05, 0.1) is 11.7 Å². The van der Waals surface area contributed by atoms with E-state index in [1.54, 1.807) is 23.1 Å². The molecule has 2 rings (SSSR count). The summed E-state index contributed by atoms with van der Waals surface area (Å²) in [7, 11) is 0. The van der Waals surface area contributed by atoms with E-state index in [1.807, 2.05) is 32.0 Å². The van der Waals surface area contributed by atoms with Crippen LogP contribution in [0.4, 0.5) is 0 Å². The molecule has 2 aromatic rings. The summed E-state index contributed by atoms with van der Waals surface area (Å²) >= 11 is 3.33. The third-order valence-electron chi connectivity index (χ3n) is 3.71. The van der Waals surface area contributed by atoms with Gasteiger partial charge >= 0.3 is 0 Å². The van der Waals surface area contributed by atoms with Gasteiger partial charge < -0.3 is 5.32 Å². The number of carbonyl (C=O) groups is 1. The van der Waals surface area contributed by atoms with Crippen molar-refractivity contribution < 1.29 is 4.79 Å². The molecule has 0 fully saturated rings. The fraction of sp³-hybridized carbons (Fsp3) is 0.474. The van der Waals surface area contributed by atoms with Crippen LogP contribution in [0.25, 0.3) is 0 Å². The lowest BCUT2D eigenvalue weighted by atomic mass is 9.93. The summed E-state index contributed by atoms with van der Waals surface area (Å²) < 4.78 is 0. The average Bonchev–Trinajstić information content (AvgIpc) is 3.04. The summed E-state index contributed by atoms with van der Waals surface area (Å²) in [5.41, 5.74) is 1.12. The Hall–Kier alpha value is -1.33. The van der Waals surface area contributed by atoms with E-state index in [1.165, 1.54) is 4.90 Å². The van der Waals surface area contributed by atoms with Gasteiger partial charge in [0.1, 0.15) is 5.01 Å². The lowest BCUT2D eigenvalue weighted by Crippen LogP contribution is -2.32. The number of nitrogens with one attached hydrogen (secondary N) is 1. The number of hydrogen-bond donors (Lipinski definition) is 1. The van der Waals surface area contributed by atoms with E-state index in [2.05, 4.69) is 48.6 Å². The minimum Gasteiger partial charge on any atom is -0.347 e. The molecule has 0 saturated carbocycles. The van der Waals surface area contributed by atoms with E-state index in [0.717, 1.165) is 16.5 Å². The predicted octanol–water partition coefficient (Wildman–Crippen LogP) is 5.05. The van der Waals surface area contributed by atoms with Crippen LogP contribution in [0.3, 0.4) is 0 Å². The molecule has 1 heterocycles. The van der Waals surface area contributed by atoms with Crippen LogP contribution in [0.2, 0.25) is 0 Å². The fourth-order valence-corrected chi connectivity index (χ4v) is 4.06. The van der Waals surface area contributed by atoms with Gasteiger partial charge in [-0.1, -0.05) is 45.9 Å². The molecule has 2 unspecified atom stereocenters. The van der Waals surface area contributed by atoms with Crippen LogP contribution in [0, 0.1) is 5.92 Å². The number of thiazole rings is 1. The Morgan fingerprint density at radius 1 is 1.25 bits per heavy atom. The molecule has 2 atom stereocenters. The Labute approximate surface area is 153 Å². The second-order valence-electron chi connectivity index (χ2n) is 7.08. The maximum absolute atomic E-state index is 12.4. The van der Waals surface area contributed by atoms with Gasteiger partial charge in [0.25, 0.3) is 0 Å². The first kappa shape index (κ1) is 19.0. The molecule has 1 aromatic carbocycles. The van der Waals surface area contributed by atoms with Crippen LogP contribution in [0.5, 0.6) is 0 Å². The van der Waals surface area contributed by atoms with Gasteiger partial charge in [-0.3, -0.25) is 4.79 Å². The quantitative estimate of drug-likeness (QED) is 0.732. The molecule has 0 saturated heterocycles. The zero-order chi connectivity index (χ0) is 17.7. The normalized spacial score (nSPS) is 14.2. The van der Waals surface area contributed by atoms with Crippen molar-refractivity contribution in [3.05, 3.63) is 46.4 Å². The molecule has 1 N–H and O–H groups in total. The number of carbonyl (C=O) groups excluding carboxylic acids is 1. The van der Waals surface area contributed by atoms with Crippen LogP contribution in [-0.4, -0.2) is 16.6 Å². The Morgan fingerprint density at radius 3 is 2.50 bits per heavy atom. The summed E-state index contributed by atoms with van der Waals surface area (Å²) in [6, 6.07) is 10.1. The lowest BCUT2D eigenvalue weighted by Gasteiger charge is -2.17. The Kier molecular flexibility index (Phi) is 6.47. The third kappa shape index (κ3) is 5.35. The standard InChI is InChI=1S/C19H26N2OS2/c1-13(11-23-15-9-7-6-8-10-15)17(22)20-14(2)18-21-16(12-24-18)19(3,4)5/h6-10,12-14H,11H2,1-5H3,(H,20,22). The van der Waals surface area contributed by atoms with Crippen molar-refractivity contribution in [2.45, 2.75) is 51.0 Å². The number of aromatic nitrogens is 1. The average molecular weight is 363 g/mol. The first-order chi connectivity index (χ1) is 11.3. The Morgan fingerprint density at radius 2 is 1.92 bits per heavy atom. The molecule has 0 aliphatic carbocycles. The summed E-state index contributed by atoms with van der Waals surface area (Å²) in [4.78, 5) is 18.3. The monoisotopic (exact) mass is 362 g/mol. The number of hydrogen-bond acceptors (Lipinski definition) is 4. The molecule has 0 spiro atoms. The molecular weight excluding hydrogens is 336 g/mol. The van der Waals surface area contributed by atoms with Gasteiger partial charge in [0.2, 0.25) is 5.91 Å². The fourth-order valence-electron chi connectivity index (χ4n) is 2.06. The lowest BCUT2D eigenvalue weighted by molar-refractivity contribution is -0.124.